The monoisotopic (exact) mass is 184 g/mol. The molecule has 2 bridgehead atoms. The van der Waals surface area contributed by atoms with Crippen LogP contribution in [0, 0.1) is 5.41 Å². The number of rotatable bonds is 0. The first-order valence-electron chi connectivity index (χ1n) is 5.13. The van der Waals surface area contributed by atoms with E-state index >= 15 is 0 Å². The van der Waals surface area contributed by atoms with Crippen LogP contribution in [-0.4, -0.2) is 35.4 Å². The molecule has 0 spiro atoms. The highest BCUT2D eigenvalue weighted by Crippen LogP contribution is 2.44. The molecule has 3 atom stereocenters. The van der Waals surface area contributed by atoms with Crippen LogP contribution >= 0.6 is 0 Å². The molecular weight excluding hydrogens is 164 g/mol. The van der Waals surface area contributed by atoms with E-state index in [0.717, 1.165) is 19.4 Å². The van der Waals surface area contributed by atoms with Gasteiger partial charge in [-0.25, -0.2) is 10.4 Å². The third-order valence-electron chi connectivity index (χ3n) is 3.75. The molecule has 0 aromatic carbocycles. The number of nitrogens with zero attached hydrogens (tertiary/aromatic N) is 1. The zero-order valence-corrected chi connectivity index (χ0v) is 8.80. The molecule has 1 aliphatic heterocycles. The molecule has 3 heteroatoms. The van der Waals surface area contributed by atoms with Crippen molar-refractivity contribution in [3.63, 3.8) is 0 Å². The number of nitrogens with one attached hydrogen (secondary N) is 1. The van der Waals surface area contributed by atoms with Crippen molar-refractivity contribution in [3.8, 4) is 0 Å². The van der Waals surface area contributed by atoms with Gasteiger partial charge in [-0.15, -0.1) is 0 Å². The van der Waals surface area contributed by atoms with E-state index in [9.17, 15) is 5.11 Å². The Balaban J connectivity index is 2.29. The lowest BCUT2D eigenvalue weighted by molar-refractivity contribution is -0.145. The van der Waals surface area contributed by atoms with Gasteiger partial charge in [0.15, 0.2) is 0 Å². The van der Waals surface area contributed by atoms with Gasteiger partial charge >= 0.3 is 0 Å². The minimum absolute atomic E-state index is 0.0903. The SMILES string of the molecule is CN1CC2(C)CCCC(C)(N1)C2O. The van der Waals surface area contributed by atoms with Crippen molar-refractivity contribution in [2.24, 2.45) is 5.41 Å². The summed E-state index contributed by atoms with van der Waals surface area (Å²) in [4.78, 5) is 0. The fourth-order valence-electron chi connectivity index (χ4n) is 3.20. The Kier molecular flexibility index (Phi) is 1.95. The second kappa shape index (κ2) is 2.69. The summed E-state index contributed by atoms with van der Waals surface area (Å²) in [5, 5.41) is 12.4. The highest BCUT2D eigenvalue weighted by molar-refractivity contribution is 5.06. The summed E-state index contributed by atoms with van der Waals surface area (Å²) < 4.78 is 0. The van der Waals surface area contributed by atoms with E-state index in [2.05, 4.69) is 31.3 Å². The fraction of sp³-hybridized carbons (Fsp3) is 1.00. The number of aliphatic hydroxyl groups is 1. The van der Waals surface area contributed by atoms with Crippen LogP contribution in [0.3, 0.4) is 0 Å². The number of fused-ring (bicyclic) bond motifs is 2. The van der Waals surface area contributed by atoms with Crippen LogP contribution in [0.5, 0.6) is 0 Å². The second-order valence-electron chi connectivity index (χ2n) is 5.30. The van der Waals surface area contributed by atoms with E-state index in [1.807, 2.05) is 0 Å². The molecule has 2 N–H and O–H groups in total. The predicted molar refractivity (Wildman–Crippen MR) is 52.1 cm³/mol. The fourth-order valence-corrected chi connectivity index (χ4v) is 3.20. The van der Waals surface area contributed by atoms with Crippen molar-refractivity contribution in [3.05, 3.63) is 0 Å². The molecule has 1 aliphatic carbocycles. The Hall–Kier alpha value is -0.120. The molecule has 1 saturated carbocycles. The number of hydrogen-bond donors (Lipinski definition) is 2. The van der Waals surface area contributed by atoms with Crippen LogP contribution in [0.15, 0.2) is 0 Å². The Labute approximate surface area is 80.1 Å². The lowest BCUT2D eigenvalue weighted by Crippen LogP contribution is -2.71. The molecule has 0 aromatic heterocycles. The van der Waals surface area contributed by atoms with Gasteiger partial charge < -0.3 is 5.11 Å². The molecule has 0 amide bonds. The van der Waals surface area contributed by atoms with E-state index < -0.39 is 0 Å². The first kappa shape index (κ1) is 9.44. The first-order valence-corrected chi connectivity index (χ1v) is 5.13. The molecule has 3 nitrogen and oxygen atoms in total. The van der Waals surface area contributed by atoms with E-state index in [4.69, 9.17) is 0 Å². The maximum absolute atomic E-state index is 10.2. The normalized spacial score (nSPS) is 52.2. The average molecular weight is 184 g/mol. The standard InChI is InChI=1S/C10H20N2O/c1-9-5-4-6-10(2,8(9)13)11-12(3)7-9/h8,11,13H,4-7H2,1-3H3. The molecule has 1 saturated heterocycles. The van der Waals surface area contributed by atoms with E-state index in [0.29, 0.717) is 0 Å². The van der Waals surface area contributed by atoms with E-state index in [1.165, 1.54) is 6.42 Å². The van der Waals surface area contributed by atoms with Gasteiger partial charge in [0.2, 0.25) is 0 Å². The number of hydrazine groups is 1. The average Bonchev–Trinajstić information content (AvgIpc) is 1.97. The van der Waals surface area contributed by atoms with Crippen LogP contribution in [0.2, 0.25) is 0 Å². The summed E-state index contributed by atoms with van der Waals surface area (Å²) >= 11 is 0. The molecule has 13 heavy (non-hydrogen) atoms. The van der Waals surface area contributed by atoms with Crippen molar-refractivity contribution in [1.82, 2.24) is 10.4 Å². The predicted octanol–water partition coefficient (Wildman–Crippen LogP) is 0.746. The lowest BCUT2D eigenvalue weighted by atomic mass is 9.64. The lowest BCUT2D eigenvalue weighted by Gasteiger charge is -2.56. The first-order chi connectivity index (χ1) is 5.96. The van der Waals surface area contributed by atoms with Crippen LogP contribution in [0.4, 0.5) is 0 Å². The van der Waals surface area contributed by atoms with Gasteiger partial charge in [-0.05, 0) is 19.8 Å². The summed E-state index contributed by atoms with van der Waals surface area (Å²) in [5.74, 6) is 0. The van der Waals surface area contributed by atoms with Crippen molar-refractivity contribution >= 4 is 0 Å². The zero-order chi connectivity index (χ0) is 9.69. The quantitative estimate of drug-likeness (QED) is 0.583. The van der Waals surface area contributed by atoms with Gasteiger partial charge in [-0.2, -0.15) is 0 Å². The van der Waals surface area contributed by atoms with Gasteiger partial charge in [0.05, 0.1) is 11.6 Å². The molecule has 1 heterocycles. The van der Waals surface area contributed by atoms with Gasteiger partial charge in [-0.3, -0.25) is 0 Å². The van der Waals surface area contributed by atoms with Gasteiger partial charge in [0.25, 0.3) is 0 Å². The van der Waals surface area contributed by atoms with Gasteiger partial charge in [0.1, 0.15) is 0 Å². The Morgan fingerprint density at radius 1 is 1.38 bits per heavy atom. The van der Waals surface area contributed by atoms with E-state index in [-0.39, 0.29) is 17.1 Å². The number of hydrogen-bond acceptors (Lipinski definition) is 3. The second-order valence-corrected chi connectivity index (χ2v) is 5.30. The van der Waals surface area contributed by atoms with Crippen LogP contribution in [0.1, 0.15) is 33.1 Å². The summed E-state index contributed by atoms with van der Waals surface area (Å²) in [6.07, 6.45) is 3.25. The molecule has 2 rings (SSSR count). The van der Waals surface area contributed by atoms with E-state index in [1.54, 1.807) is 0 Å². The third-order valence-corrected chi connectivity index (χ3v) is 3.75. The maximum atomic E-state index is 10.2. The third kappa shape index (κ3) is 1.30. The molecule has 3 unspecified atom stereocenters. The molecule has 2 fully saturated rings. The molecule has 76 valence electrons. The summed E-state index contributed by atoms with van der Waals surface area (Å²) in [5.41, 5.74) is 3.38. The molecule has 0 aromatic rings. The largest absolute Gasteiger partial charge is 0.391 e. The molecule has 2 aliphatic rings. The molecule has 0 radical (unpaired) electrons. The highest BCUT2D eigenvalue weighted by atomic mass is 16.3. The van der Waals surface area contributed by atoms with Crippen LogP contribution in [-0.2, 0) is 0 Å². The van der Waals surface area contributed by atoms with Crippen LogP contribution in [0.25, 0.3) is 0 Å². The minimum Gasteiger partial charge on any atom is -0.391 e. The molecular formula is C10H20N2O. The van der Waals surface area contributed by atoms with Crippen LogP contribution < -0.4 is 5.43 Å². The minimum atomic E-state index is -0.204. The van der Waals surface area contributed by atoms with Crippen molar-refractivity contribution in [2.45, 2.75) is 44.8 Å². The smallest absolute Gasteiger partial charge is 0.0798 e. The summed E-state index contributed by atoms with van der Waals surface area (Å²) in [7, 11) is 2.06. The van der Waals surface area contributed by atoms with Gasteiger partial charge in [-0.1, -0.05) is 13.3 Å². The summed E-state index contributed by atoms with van der Waals surface area (Å²) in [6.45, 7) is 5.28. The Morgan fingerprint density at radius 3 is 2.69 bits per heavy atom. The van der Waals surface area contributed by atoms with Crippen molar-refractivity contribution in [1.29, 1.82) is 0 Å². The number of aliphatic hydroxyl groups excluding tert-OH is 1. The summed E-state index contributed by atoms with van der Waals surface area (Å²) in [6, 6.07) is 0. The topological polar surface area (TPSA) is 35.5 Å². The van der Waals surface area contributed by atoms with Gasteiger partial charge in [0, 0.05) is 19.0 Å². The van der Waals surface area contributed by atoms with Crippen molar-refractivity contribution < 1.29 is 5.11 Å². The Bertz CT molecular complexity index is 201. The Morgan fingerprint density at radius 2 is 2.08 bits per heavy atom. The highest BCUT2D eigenvalue weighted by Gasteiger charge is 2.52. The zero-order valence-electron chi connectivity index (χ0n) is 8.80. The van der Waals surface area contributed by atoms with Crippen molar-refractivity contribution in [2.75, 3.05) is 13.6 Å². The maximum Gasteiger partial charge on any atom is 0.0798 e.